The summed E-state index contributed by atoms with van der Waals surface area (Å²) in [5.74, 6) is 0.735. The number of hydrogen-bond donors (Lipinski definition) is 1. The molecule has 0 aliphatic carbocycles. The summed E-state index contributed by atoms with van der Waals surface area (Å²) in [6, 6.07) is 7.49. The van der Waals surface area contributed by atoms with Crippen molar-refractivity contribution >= 4 is 5.69 Å². The highest BCUT2D eigenvalue weighted by molar-refractivity contribution is 5.51. The van der Waals surface area contributed by atoms with Gasteiger partial charge in [0, 0.05) is 33.4 Å². The van der Waals surface area contributed by atoms with E-state index in [1.54, 1.807) is 7.11 Å². The molecule has 2 N–H and O–H groups in total. The number of benzene rings is 1. The Kier molecular flexibility index (Phi) is 9.65. The number of nitrogens with two attached hydrogens (primary N) is 1. The maximum absolute atomic E-state index is 5.77. The van der Waals surface area contributed by atoms with E-state index in [9.17, 15) is 0 Å². The average molecular weight is 283 g/mol. The molecule has 0 bridgehead atoms. The maximum Gasteiger partial charge on any atom is 0.142 e. The molecule has 0 fully saturated rings. The summed E-state index contributed by atoms with van der Waals surface area (Å²) in [4.78, 5) is 0. The van der Waals surface area contributed by atoms with Gasteiger partial charge >= 0.3 is 0 Å². The van der Waals surface area contributed by atoms with Crippen LogP contribution in [0, 0.1) is 0 Å². The first kappa shape index (κ1) is 16.8. The Hall–Kier alpha value is -1.30. The molecule has 0 radical (unpaired) electrons. The minimum absolute atomic E-state index is 0.610. The predicted octanol–water partition coefficient (Wildman–Crippen LogP) is 2.11. The van der Waals surface area contributed by atoms with Gasteiger partial charge in [0.05, 0.1) is 25.5 Å². The normalized spacial score (nSPS) is 10.7. The topological polar surface area (TPSA) is 62.9 Å². The van der Waals surface area contributed by atoms with Crippen LogP contribution >= 0.6 is 0 Å². The van der Waals surface area contributed by atoms with Crippen molar-refractivity contribution in [3.63, 3.8) is 0 Å². The fourth-order valence-corrected chi connectivity index (χ4v) is 1.56. The lowest BCUT2D eigenvalue weighted by atomic mass is 10.3. The molecule has 0 aliphatic heterocycles. The Morgan fingerprint density at radius 3 is 2.20 bits per heavy atom. The third kappa shape index (κ3) is 7.99. The molecule has 0 unspecified atom stereocenters. The largest absolute Gasteiger partial charge is 0.491 e. The molecule has 1 rings (SSSR count). The lowest BCUT2D eigenvalue weighted by molar-refractivity contribution is 0.0496. The quantitative estimate of drug-likeness (QED) is 0.470. The average Bonchev–Trinajstić information content (AvgIpc) is 2.46. The van der Waals surface area contributed by atoms with Gasteiger partial charge in [-0.3, -0.25) is 0 Å². The third-order valence-electron chi connectivity index (χ3n) is 2.62. The van der Waals surface area contributed by atoms with Gasteiger partial charge in [-0.25, -0.2) is 0 Å². The standard InChI is InChI=1S/C15H25NO4/c1-17-12-13-19-9-4-8-18-10-5-11-20-15-7-3-2-6-14(15)16/h2-3,6-7H,4-5,8-13,16H2,1H3. The second-order valence-electron chi connectivity index (χ2n) is 4.31. The van der Waals surface area contributed by atoms with Gasteiger partial charge in [0.1, 0.15) is 5.75 Å². The summed E-state index contributed by atoms with van der Waals surface area (Å²) in [6.45, 7) is 3.99. The number of ether oxygens (including phenoxy) is 4. The lowest BCUT2D eigenvalue weighted by Crippen LogP contribution is -2.08. The highest BCUT2D eigenvalue weighted by atomic mass is 16.5. The van der Waals surface area contributed by atoms with Crippen molar-refractivity contribution < 1.29 is 18.9 Å². The van der Waals surface area contributed by atoms with Crippen LogP contribution < -0.4 is 10.5 Å². The zero-order valence-corrected chi connectivity index (χ0v) is 12.2. The summed E-state index contributed by atoms with van der Waals surface area (Å²) < 4.78 is 21.3. The van der Waals surface area contributed by atoms with Gasteiger partial charge < -0.3 is 24.7 Å². The zero-order valence-electron chi connectivity index (χ0n) is 12.2. The number of nitrogen functional groups attached to an aromatic ring is 1. The molecule has 0 saturated heterocycles. The summed E-state index contributed by atoms with van der Waals surface area (Å²) in [5.41, 5.74) is 6.44. The molecule has 5 nitrogen and oxygen atoms in total. The van der Waals surface area contributed by atoms with E-state index >= 15 is 0 Å². The van der Waals surface area contributed by atoms with E-state index in [-0.39, 0.29) is 0 Å². The maximum atomic E-state index is 5.77. The molecule has 0 spiro atoms. The molecular formula is C15H25NO4. The molecule has 20 heavy (non-hydrogen) atoms. The second kappa shape index (κ2) is 11.5. The first-order chi connectivity index (χ1) is 9.84. The van der Waals surface area contributed by atoms with E-state index in [2.05, 4.69) is 0 Å². The van der Waals surface area contributed by atoms with Crippen molar-refractivity contribution in [3.8, 4) is 5.75 Å². The van der Waals surface area contributed by atoms with Crippen molar-refractivity contribution in [1.29, 1.82) is 0 Å². The van der Waals surface area contributed by atoms with Crippen LogP contribution in [0.15, 0.2) is 24.3 Å². The van der Waals surface area contributed by atoms with Gasteiger partial charge in [-0.1, -0.05) is 12.1 Å². The summed E-state index contributed by atoms with van der Waals surface area (Å²) in [6.07, 6.45) is 1.75. The Bertz CT molecular complexity index is 346. The zero-order chi connectivity index (χ0) is 14.5. The molecule has 0 amide bonds. The Morgan fingerprint density at radius 2 is 1.50 bits per heavy atom. The minimum Gasteiger partial charge on any atom is -0.491 e. The Balaban J connectivity index is 1.87. The van der Waals surface area contributed by atoms with E-state index in [0.717, 1.165) is 18.6 Å². The summed E-state index contributed by atoms with van der Waals surface area (Å²) in [5, 5.41) is 0. The fraction of sp³-hybridized carbons (Fsp3) is 0.600. The number of hydrogen-bond acceptors (Lipinski definition) is 5. The van der Waals surface area contributed by atoms with Crippen LogP contribution in [0.25, 0.3) is 0 Å². The first-order valence-electron chi connectivity index (χ1n) is 6.96. The van der Waals surface area contributed by atoms with E-state index in [1.807, 2.05) is 24.3 Å². The molecule has 1 aromatic carbocycles. The SMILES string of the molecule is COCCOCCCOCCCOc1ccccc1N. The summed E-state index contributed by atoms with van der Waals surface area (Å²) >= 11 is 0. The molecule has 114 valence electrons. The van der Waals surface area contributed by atoms with Crippen molar-refractivity contribution in [1.82, 2.24) is 0 Å². The minimum atomic E-state index is 0.610. The Morgan fingerprint density at radius 1 is 0.850 bits per heavy atom. The smallest absolute Gasteiger partial charge is 0.142 e. The Labute approximate surface area is 121 Å². The molecule has 0 saturated carbocycles. The van der Waals surface area contributed by atoms with Gasteiger partial charge in [0.25, 0.3) is 0 Å². The monoisotopic (exact) mass is 283 g/mol. The van der Waals surface area contributed by atoms with Crippen molar-refractivity contribution in [2.24, 2.45) is 0 Å². The van der Waals surface area contributed by atoms with Gasteiger partial charge in [-0.2, -0.15) is 0 Å². The van der Waals surface area contributed by atoms with Crippen LogP contribution in [0.4, 0.5) is 5.69 Å². The molecule has 0 atom stereocenters. The van der Waals surface area contributed by atoms with E-state index in [4.69, 9.17) is 24.7 Å². The predicted molar refractivity (Wildman–Crippen MR) is 79.1 cm³/mol. The van der Waals surface area contributed by atoms with Crippen LogP contribution in [0.5, 0.6) is 5.75 Å². The number of anilines is 1. The molecule has 5 heteroatoms. The third-order valence-corrected chi connectivity index (χ3v) is 2.62. The van der Waals surface area contributed by atoms with Gasteiger partial charge in [-0.15, -0.1) is 0 Å². The number of rotatable bonds is 12. The van der Waals surface area contributed by atoms with Crippen LogP contribution in [0.2, 0.25) is 0 Å². The number of para-hydroxylation sites is 2. The first-order valence-corrected chi connectivity index (χ1v) is 6.96. The van der Waals surface area contributed by atoms with Crippen molar-refractivity contribution in [2.45, 2.75) is 12.8 Å². The number of methoxy groups -OCH3 is 1. The van der Waals surface area contributed by atoms with Crippen LogP contribution in [-0.2, 0) is 14.2 Å². The van der Waals surface area contributed by atoms with Gasteiger partial charge in [0.15, 0.2) is 0 Å². The van der Waals surface area contributed by atoms with Gasteiger partial charge in [0.2, 0.25) is 0 Å². The second-order valence-corrected chi connectivity index (χ2v) is 4.31. The highest BCUT2D eigenvalue weighted by Gasteiger charge is 1.98. The van der Waals surface area contributed by atoms with Gasteiger partial charge in [-0.05, 0) is 18.6 Å². The molecular weight excluding hydrogens is 258 g/mol. The lowest BCUT2D eigenvalue weighted by Gasteiger charge is -2.09. The van der Waals surface area contributed by atoms with Crippen LogP contribution in [-0.4, -0.2) is 46.8 Å². The molecule has 0 aromatic heterocycles. The van der Waals surface area contributed by atoms with E-state index in [0.29, 0.717) is 45.3 Å². The van der Waals surface area contributed by atoms with E-state index in [1.165, 1.54) is 0 Å². The fourth-order valence-electron chi connectivity index (χ4n) is 1.56. The van der Waals surface area contributed by atoms with Crippen LogP contribution in [0.3, 0.4) is 0 Å². The van der Waals surface area contributed by atoms with Crippen LogP contribution in [0.1, 0.15) is 12.8 Å². The molecule has 0 aliphatic rings. The molecule has 0 heterocycles. The molecule has 1 aromatic rings. The van der Waals surface area contributed by atoms with E-state index < -0.39 is 0 Å². The summed E-state index contributed by atoms with van der Waals surface area (Å²) in [7, 11) is 1.66. The van der Waals surface area contributed by atoms with Crippen molar-refractivity contribution in [2.75, 3.05) is 52.5 Å². The highest BCUT2D eigenvalue weighted by Crippen LogP contribution is 2.19. The van der Waals surface area contributed by atoms with Crippen molar-refractivity contribution in [3.05, 3.63) is 24.3 Å².